The molecule has 0 saturated heterocycles. The van der Waals surface area contributed by atoms with Gasteiger partial charge in [0.1, 0.15) is 0 Å². The number of nitrogens with two attached hydrogens (primary N) is 1. The number of hydrogen-bond acceptors (Lipinski definition) is 3. The second kappa shape index (κ2) is 4.90. The van der Waals surface area contributed by atoms with Crippen molar-refractivity contribution in [2.24, 2.45) is 11.1 Å². The molecule has 15 heavy (non-hydrogen) atoms. The van der Waals surface area contributed by atoms with Crippen molar-refractivity contribution in [3.63, 3.8) is 0 Å². The van der Waals surface area contributed by atoms with Crippen molar-refractivity contribution in [1.82, 2.24) is 5.32 Å². The molecule has 0 atom stereocenters. The van der Waals surface area contributed by atoms with Crippen LogP contribution in [0.15, 0.2) is 0 Å². The molecule has 1 rings (SSSR count). The van der Waals surface area contributed by atoms with Crippen LogP contribution in [0.4, 0.5) is 0 Å². The van der Waals surface area contributed by atoms with Crippen LogP contribution in [-0.4, -0.2) is 30.2 Å². The molecule has 86 valence electrons. The Morgan fingerprint density at radius 2 is 2.20 bits per heavy atom. The number of nitrogens with one attached hydrogen (secondary N) is 1. The van der Waals surface area contributed by atoms with Crippen LogP contribution in [0.2, 0.25) is 0 Å². The SMILES string of the molecule is CC(C)OCCNC(=O)C1(C(N)=S)CC1. The summed E-state index contributed by atoms with van der Waals surface area (Å²) in [6.07, 6.45) is 1.74. The van der Waals surface area contributed by atoms with Crippen molar-refractivity contribution < 1.29 is 9.53 Å². The topological polar surface area (TPSA) is 64.3 Å². The average molecular weight is 230 g/mol. The van der Waals surface area contributed by atoms with E-state index in [9.17, 15) is 4.79 Å². The summed E-state index contributed by atoms with van der Waals surface area (Å²) in [7, 11) is 0. The smallest absolute Gasteiger partial charge is 0.233 e. The Morgan fingerprint density at radius 1 is 1.60 bits per heavy atom. The molecule has 3 N–H and O–H groups in total. The molecular formula is C10H18N2O2S. The number of carbonyl (C=O) groups excluding carboxylic acids is 1. The van der Waals surface area contributed by atoms with Gasteiger partial charge in [-0.1, -0.05) is 12.2 Å². The van der Waals surface area contributed by atoms with Gasteiger partial charge in [-0.05, 0) is 26.7 Å². The maximum Gasteiger partial charge on any atom is 0.233 e. The van der Waals surface area contributed by atoms with Crippen molar-refractivity contribution in [3.8, 4) is 0 Å². The first-order valence-corrected chi connectivity index (χ1v) is 5.59. The van der Waals surface area contributed by atoms with Gasteiger partial charge in [-0.15, -0.1) is 0 Å². The van der Waals surface area contributed by atoms with Crippen LogP contribution in [0.3, 0.4) is 0 Å². The molecular weight excluding hydrogens is 212 g/mol. The van der Waals surface area contributed by atoms with Crippen LogP contribution in [0.1, 0.15) is 26.7 Å². The zero-order chi connectivity index (χ0) is 11.5. The van der Waals surface area contributed by atoms with E-state index in [1.54, 1.807) is 0 Å². The van der Waals surface area contributed by atoms with Gasteiger partial charge in [0.25, 0.3) is 0 Å². The molecule has 0 spiro atoms. The van der Waals surface area contributed by atoms with Crippen LogP contribution in [0, 0.1) is 5.41 Å². The Hall–Kier alpha value is -0.680. The molecule has 1 amide bonds. The maximum atomic E-state index is 11.7. The Morgan fingerprint density at radius 3 is 2.60 bits per heavy atom. The van der Waals surface area contributed by atoms with E-state index in [0.717, 1.165) is 12.8 Å². The Bertz CT molecular complexity index is 262. The van der Waals surface area contributed by atoms with E-state index < -0.39 is 5.41 Å². The van der Waals surface area contributed by atoms with Gasteiger partial charge in [0.15, 0.2) is 0 Å². The summed E-state index contributed by atoms with van der Waals surface area (Å²) in [5, 5.41) is 2.79. The van der Waals surface area contributed by atoms with Gasteiger partial charge in [-0.3, -0.25) is 4.79 Å². The van der Waals surface area contributed by atoms with Crippen molar-refractivity contribution in [1.29, 1.82) is 0 Å². The second-order valence-corrected chi connectivity index (χ2v) is 4.56. The van der Waals surface area contributed by atoms with Crippen LogP contribution in [-0.2, 0) is 9.53 Å². The van der Waals surface area contributed by atoms with E-state index in [-0.39, 0.29) is 12.0 Å². The molecule has 1 aliphatic carbocycles. The van der Waals surface area contributed by atoms with Gasteiger partial charge in [-0.25, -0.2) is 0 Å². The predicted molar refractivity (Wildman–Crippen MR) is 62.6 cm³/mol. The lowest BCUT2D eigenvalue weighted by Crippen LogP contribution is -2.40. The summed E-state index contributed by atoms with van der Waals surface area (Å²) in [6, 6.07) is 0. The molecule has 0 aliphatic heterocycles. The number of hydrogen-bond donors (Lipinski definition) is 2. The van der Waals surface area contributed by atoms with Crippen LogP contribution in [0.5, 0.6) is 0 Å². The van der Waals surface area contributed by atoms with E-state index in [1.165, 1.54) is 0 Å². The predicted octanol–water partition coefficient (Wildman–Crippen LogP) is 0.594. The van der Waals surface area contributed by atoms with E-state index in [0.29, 0.717) is 18.1 Å². The summed E-state index contributed by atoms with van der Waals surface area (Å²) < 4.78 is 5.31. The standard InChI is InChI=1S/C10H18N2O2S/c1-7(2)14-6-5-12-9(13)10(3-4-10)8(11)15/h7H,3-6H2,1-2H3,(H2,11,15)(H,12,13). The zero-order valence-corrected chi connectivity index (χ0v) is 10.0. The molecule has 0 aromatic rings. The molecule has 0 unspecified atom stereocenters. The zero-order valence-electron chi connectivity index (χ0n) is 9.21. The Balaban J connectivity index is 2.22. The van der Waals surface area contributed by atoms with Crippen molar-refractivity contribution in [2.45, 2.75) is 32.8 Å². The van der Waals surface area contributed by atoms with Gasteiger partial charge >= 0.3 is 0 Å². The molecule has 0 radical (unpaired) electrons. The van der Waals surface area contributed by atoms with E-state index in [4.69, 9.17) is 22.7 Å². The van der Waals surface area contributed by atoms with Crippen molar-refractivity contribution >= 4 is 23.1 Å². The normalized spacial score (nSPS) is 17.5. The van der Waals surface area contributed by atoms with Gasteiger partial charge in [0.05, 0.1) is 23.1 Å². The monoisotopic (exact) mass is 230 g/mol. The molecule has 5 heteroatoms. The van der Waals surface area contributed by atoms with Crippen LogP contribution in [0.25, 0.3) is 0 Å². The first kappa shape index (κ1) is 12.4. The maximum absolute atomic E-state index is 11.7. The lowest BCUT2D eigenvalue weighted by molar-refractivity contribution is -0.124. The van der Waals surface area contributed by atoms with Gasteiger partial charge in [0, 0.05) is 6.54 Å². The highest BCUT2D eigenvalue weighted by molar-refractivity contribution is 7.80. The molecule has 1 saturated carbocycles. The number of rotatable bonds is 6. The van der Waals surface area contributed by atoms with Crippen LogP contribution < -0.4 is 11.1 Å². The molecule has 0 heterocycles. The third-order valence-corrected chi connectivity index (χ3v) is 2.89. The molecule has 0 aromatic heterocycles. The fourth-order valence-corrected chi connectivity index (χ4v) is 1.64. The third kappa shape index (κ3) is 3.14. The van der Waals surface area contributed by atoms with Gasteiger partial charge in [-0.2, -0.15) is 0 Å². The highest BCUT2D eigenvalue weighted by Crippen LogP contribution is 2.46. The van der Waals surface area contributed by atoms with E-state index in [1.807, 2.05) is 13.8 Å². The highest BCUT2D eigenvalue weighted by atomic mass is 32.1. The van der Waals surface area contributed by atoms with Gasteiger partial charge < -0.3 is 15.8 Å². The fraction of sp³-hybridized carbons (Fsp3) is 0.800. The number of amides is 1. The van der Waals surface area contributed by atoms with Crippen LogP contribution >= 0.6 is 12.2 Å². The first-order valence-electron chi connectivity index (χ1n) is 5.19. The molecule has 1 aliphatic rings. The fourth-order valence-electron chi connectivity index (χ4n) is 1.34. The minimum Gasteiger partial charge on any atom is -0.392 e. The highest BCUT2D eigenvalue weighted by Gasteiger charge is 2.52. The minimum absolute atomic E-state index is 0.0534. The quantitative estimate of drug-likeness (QED) is 0.518. The van der Waals surface area contributed by atoms with Crippen molar-refractivity contribution in [2.75, 3.05) is 13.2 Å². The number of thiocarbonyl (C=S) groups is 1. The third-order valence-electron chi connectivity index (χ3n) is 2.50. The first-order chi connectivity index (χ1) is 6.99. The summed E-state index contributed by atoms with van der Waals surface area (Å²) in [5.41, 5.74) is 4.98. The lowest BCUT2D eigenvalue weighted by Gasteiger charge is -2.14. The number of ether oxygens (including phenoxy) is 1. The second-order valence-electron chi connectivity index (χ2n) is 4.12. The van der Waals surface area contributed by atoms with E-state index in [2.05, 4.69) is 5.32 Å². The molecule has 0 aromatic carbocycles. The molecule has 0 bridgehead atoms. The lowest BCUT2D eigenvalue weighted by atomic mass is 10.1. The minimum atomic E-state index is -0.548. The Labute approximate surface area is 95.5 Å². The Kier molecular flexibility index (Phi) is 4.04. The largest absolute Gasteiger partial charge is 0.392 e. The summed E-state index contributed by atoms with van der Waals surface area (Å²) in [4.78, 5) is 12.0. The summed E-state index contributed by atoms with van der Waals surface area (Å²) >= 11 is 4.88. The molecule has 1 fully saturated rings. The summed E-state index contributed by atoms with van der Waals surface area (Å²) in [6.45, 7) is 4.95. The average Bonchev–Trinajstić information content (AvgIpc) is 2.92. The van der Waals surface area contributed by atoms with Crippen molar-refractivity contribution in [3.05, 3.63) is 0 Å². The number of carbonyl (C=O) groups is 1. The molecule has 4 nitrogen and oxygen atoms in total. The van der Waals surface area contributed by atoms with Gasteiger partial charge in [0.2, 0.25) is 5.91 Å². The summed E-state index contributed by atoms with van der Waals surface area (Å²) in [5.74, 6) is -0.0534. The van der Waals surface area contributed by atoms with E-state index >= 15 is 0 Å².